The predicted molar refractivity (Wildman–Crippen MR) is 62.0 cm³/mol. The van der Waals surface area contributed by atoms with Gasteiger partial charge >= 0.3 is 0 Å². The Kier molecular flexibility index (Phi) is 2.18. The van der Waals surface area contributed by atoms with Crippen LogP contribution in [0.25, 0.3) is 0 Å². The lowest BCUT2D eigenvalue weighted by Gasteiger charge is -2.37. The summed E-state index contributed by atoms with van der Waals surface area (Å²) in [6.45, 7) is 14.2. The van der Waals surface area contributed by atoms with Crippen LogP contribution in [0, 0.1) is 11.3 Å². The maximum atomic E-state index is 10.5. The summed E-state index contributed by atoms with van der Waals surface area (Å²) in [5.74, 6) is -0.458. The van der Waals surface area contributed by atoms with Gasteiger partial charge in [0.05, 0.1) is 22.7 Å². The highest BCUT2D eigenvalue weighted by Crippen LogP contribution is 2.64. The molecule has 0 aliphatic carbocycles. The van der Waals surface area contributed by atoms with E-state index in [0.717, 1.165) is 0 Å². The monoisotopic (exact) mass is 228 g/mol. The highest BCUT2D eigenvalue weighted by atomic mass is 16.7. The molecular weight excluding hydrogens is 204 g/mol. The van der Waals surface area contributed by atoms with Crippen molar-refractivity contribution in [2.75, 3.05) is 0 Å². The van der Waals surface area contributed by atoms with Crippen molar-refractivity contribution in [2.24, 2.45) is 11.3 Å². The predicted octanol–water partition coefficient (Wildman–Crippen LogP) is 2.32. The van der Waals surface area contributed by atoms with Crippen molar-refractivity contribution in [1.29, 1.82) is 0 Å². The van der Waals surface area contributed by atoms with Crippen LogP contribution >= 0.6 is 0 Å². The quantitative estimate of drug-likeness (QED) is 0.691. The van der Waals surface area contributed by atoms with Gasteiger partial charge in [-0.1, -0.05) is 13.8 Å². The molecule has 2 aliphatic heterocycles. The third-order valence-electron chi connectivity index (χ3n) is 5.06. The van der Waals surface area contributed by atoms with Gasteiger partial charge < -0.3 is 14.6 Å². The van der Waals surface area contributed by atoms with Crippen molar-refractivity contribution < 1.29 is 14.6 Å². The Balaban J connectivity index is 2.52. The minimum Gasteiger partial charge on any atom is -0.389 e. The molecule has 2 aliphatic rings. The zero-order chi connectivity index (χ0) is 12.6. The van der Waals surface area contributed by atoms with Crippen molar-refractivity contribution in [3.05, 3.63) is 0 Å². The first kappa shape index (κ1) is 12.3. The third-order valence-corrected chi connectivity index (χ3v) is 5.06. The van der Waals surface area contributed by atoms with E-state index in [1.54, 1.807) is 0 Å². The van der Waals surface area contributed by atoms with Gasteiger partial charge in [0.15, 0.2) is 5.79 Å². The smallest absolute Gasteiger partial charge is 0.175 e. The van der Waals surface area contributed by atoms with Gasteiger partial charge in [-0.15, -0.1) is 0 Å². The van der Waals surface area contributed by atoms with Gasteiger partial charge in [-0.3, -0.25) is 0 Å². The number of aliphatic hydroxyl groups excluding tert-OH is 1. The second-order valence-electron chi connectivity index (χ2n) is 6.76. The fourth-order valence-corrected chi connectivity index (χ4v) is 3.71. The van der Waals surface area contributed by atoms with Gasteiger partial charge in [0, 0.05) is 0 Å². The standard InChI is InChI=1S/C13H24O3/c1-8-10(2,3)15-13(7)12(8,6)9(14)11(4,5)16-13/h8-9,14H,1-7H3. The van der Waals surface area contributed by atoms with E-state index in [4.69, 9.17) is 9.47 Å². The Morgan fingerprint density at radius 1 is 0.875 bits per heavy atom. The van der Waals surface area contributed by atoms with E-state index < -0.39 is 17.5 Å². The molecule has 3 heteroatoms. The number of rotatable bonds is 0. The van der Waals surface area contributed by atoms with Crippen molar-refractivity contribution >= 4 is 0 Å². The molecule has 4 unspecified atom stereocenters. The van der Waals surface area contributed by atoms with Gasteiger partial charge in [0.25, 0.3) is 0 Å². The van der Waals surface area contributed by atoms with Crippen molar-refractivity contribution in [2.45, 2.75) is 71.6 Å². The lowest BCUT2D eigenvalue weighted by Crippen LogP contribution is -2.48. The number of fused-ring (bicyclic) bond motifs is 1. The van der Waals surface area contributed by atoms with Gasteiger partial charge in [-0.25, -0.2) is 0 Å². The first-order valence-electron chi connectivity index (χ1n) is 6.06. The Morgan fingerprint density at radius 3 is 1.75 bits per heavy atom. The molecule has 2 saturated heterocycles. The molecular formula is C13H24O3. The van der Waals surface area contributed by atoms with Crippen LogP contribution < -0.4 is 0 Å². The molecule has 2 heterocycles. The van der Waals surface area contributed by atoms with E-state index in [2.05, 4.69) is 27.7 Å². The van der Waals surface area contributed by atoms with Crippen LogP contribution in [-0.2, 0) is 9.47 Å². The summed E-state index contributed by atoms with van der Waals surface area (Å²) < 4.78 is 12.1. The topological polar surface area (TPSA) is 38.7 Å². The molecule has 0 aromatic heterocycles. The van der Waals surface area contributed by atoms with Crippen LogP contribution in [0.4, 0.5) is 0 Å². The maximum absolute atomic E-state index is 10.5. The molecule has 0 amide bonds. The van der Waals surface area contributed by atoms with Crippen molar-refractivity contribution in [3.8, 4) is 0 Å². The number of aliphatic hydroxyl groups is 1. The molecule has 0 aromatic carbocycles. The Hall–Kier alpha value is -0.120. The SMILES string of the molecule is CC1C(C)(C)OC2(C)OC(C)(C)C(O)C12C. The van der Waals surface area contributed by atoms with E-state index in [1.807, 2.05) is 20.8 Å². The summed E-state index contributed by atoms with van der Waals surface area (Å²) in [5, 5.41) is 10.5. The molecule has 2 fully saturated rings. The van der Waals surface area contributed by atoms with E-state index in [1.165, 1.54) is 0 Å². The number of ether oxygens (including phenoxy) is 2. The van der Waals surface area contributed by atoms with Crippen LogP contribution in [0.15, 0.2) is 0 Å². The van der Waals surface area contributed by atoms with Crippen LogP contribution in [0.1, 0.15) is 48.5 Å². The number of hydrogen-bond acceptors (Lipinski definition) is 3. The second-order valence-corrected chi connectivity index (χ2v) is 6.76. The largest absolute Gasteiger partial charge is 0.389 e. The highest BCUT2D eigenvalue weighted by Gasteiger charge is 2.73. The zero-order valence-corrected chi connectivity index (χ0v) is 11.4. The third kappa shape index (κ3) is 1.14. The zero-order valence-electron chi connectivity index (χ0n) is 11.4. The first-order valence-corrected chi connectivity index (χ1v) is 6.06. The van der Waals surface area contributed by atoms with Gasteiger partial charge in [-0.2, -0.15) is 0 Å². The van der Waals surface area contributed by atoms with Crippen molar-refractivity contribution in [1.82, 2.24) is 0 Å². The second kappa shape index (κ2) is 2.82. The summed E-state index contributed by atoms with van der Waals surface area (Å²) in [6, 6.07) is 0. The Morgan fingerprint density at radius 2 is 1.31 bits per heavy atom. The summed E-state index contributed by atoms with van der Waals surface area (Å²) in [5.41, 5.74) is -1.17. The van der Waals surface area contributed by atoms with Gasteiger partial charge in [0.2, 0.25) is 0 Å². The number of hydrogen-bond donors (Lipinski definition) is 1. The Bertz CT molecular complexity index is 295. The lowest BCUT2D eigenvalue weighted by molar-refractivity contribution is -0.263. The van der Waals surface area contributed by atoms with Crippen LogP contribution in [0.2, 0.25) is 0 Å². The molecule has 2 rings (SSSR count). The lowest BCUT2D eigenvalue weighted by atomic mass is 9.65. The summed E-state index contributed by atoms with van der Waals surface area (Å²) in [7, 11) is 0. The Labute approximate surface area is 98.1 Å². The van der Waals surface area contributed by atoms with E-state index in [-0.39, 0.29) is 16.9 Å². The fourth-order valence-electron chi connectivity index (χ4n) is 3.71. The molecule has 0 aromatic rings. The van der Waals surface area contributed by atoms with Crippen LogP contribution in [0.5, 0.6) is 0 Å². The fraction of sp³-hybridized carbons (Fsp3) is 1.00. The average molecular weight is 228 g/mol. The summed E-state index contributed by atoms with van der Waals surface area (Å²) >= 11 is 0. The highest BCUT2D eigenvalue weighted by molar-refractivity contribution is 5.16. The molecule has 1 N–H and O–H groups in total. The maximum Gasteiger partial charge on any atom is 0.175 e. The molecule has 0 radical (unpaired) electrons. The van der Waals surface area contributed by atoms with Gasteiger partial charge in [0.1, 0.15) is 0 Å². The van der Waals surface area contributed by atoms with Crippen molar-refractivity contribution in [3.63, 3.8) is 0 Å². The normalized spacial score (nSPS) is 54.0. The molecule has 3 nitrogen and oxygen atoms in total. The summed E-state index contributed by atoms with van der Waals surface area (Å²) in [4.78, 5) is 0. The average Bonchev–Trinajstić information content (AvgIpc) is 2.30. The van der Waals surface area contributed by atoms with Gasteiger partial charge in [-0.05, 0) is 40.5 Å². The van der Waals surface area contributed by atoms with E-state index in [9.17, 15) is 5.11 Å². The van der Waals surface area contributed by atoms with E-state index in [0.29, 0.717) is 0 Å². The molecule has 16 heavy (non-hydrogen) atoms. The minimum absolute atomic E-state index is 0.238. The molecule has 0 saturated carbocycles. The minimum atomic E-state index is -0.696. The molecule has 0 spiro atoms. The first-order chi connectivity index (χ1) is 6.97. The van der Waals surface area contributed by atoms with Crippen LogP contribution in [-0.4, -0.2) is 28.2 Å². The molecule has 0 bridgehead atoms. The van der Waals surface area contributed by atoms with Crippen LogP contribution in [0.3, 0.4) is 0 Å². The van der Waals surface area contributed by atoms with E-state index >= 15 is 0 Å². The summed E-state index contributed by atoms with van der Waals surface area (Å²) in [6.07, 6.45) is -0.512. The molecule has 4 atom stereocenters. The molecule has 94 valence electrons.